The van der Waals surface area contributed by atoms with Crippen molar-refractivity contribution in [3.05, 3.63) is 28.2 Å². The fourth-order valence-corrected chi connectivity index (χ4v) is 0.773. The summed E-state index contributed by atoms with van der Waals surface area (Å²) in [7, 11) is 0. The zero-order valence-corrected chi connectivity index (χ0v) is 6.80. The van der Waals surface area contributed by atoms with Gasteiger partial charge in [-0.15, -0.1) is 0 Å². The van der Waals surface area contributed by atoms with Crippen molar-refractivity contribution in [3.8, 4) is 0 Å². The van der Waals surface area contributed by atoms with E-state index >= 15 is 0 Å². The van der Waals surface area contributed by atoms with Crippen LogP contribution in [0.25, 0.3) is 6.08 Å². The Labute approximate surface area is 74.1 Å². The minimum atomic E-state index is -0.545. The first kappa shape index (κ1) is 9.40. The zero-order chi connectivity index (χ0) is 9.68. The van der Waals surface area contributed by atoms with Gasteiger partial charge in [0.2, 0.25) is 5.82 Å². The van der Waals surface area contributed by atoms with Crippen LogP contribution in [0.15, 0.2) is 12.3 Å². The van der Waals surface area contributed by atoms with Crippen molar-refractivity contribution in [3.63, 3.8) is 0 Å². The van der Waals surface area contributed by atoms with Gasteiger partial charge < -0.3 is 15.2 Å². The summed E-state index contributed by atoms with van der Waals surface area (Å²) in [5.74, 6) is 0.281. The Morgan fingerprint density at radius 3 is 3.08 bits per heavy atom. The highest BCUT2D eigenvalue weighted by Crippen LogP contribution is 2.07. The van der Waals surface area contributed by atoms with Crippen molar-refractivity contribution in [2.45, 2.75) is 6.42 Å². The highest BCUT2D eigenvalue weighted by molar-refractivity contribution is 5.41. The van der Waals surface area contributed by atoms with E-state index in [2.05, 4.69) is 9.97 Å². The molecule has 0 saturated heterocycles. The van der Waals surface area contributed by atoms with E-state index in [1.807, 2.05) is 0 Å². The first-order chi connectivity index (χ1) is 6.24. The SMILES string of the molecule is O=[N+]([O-])c1cnc(C=CCCO)[nH]1. The van der Waals surface area contributed by atoms with Crippen LogP contribution in [0.2, 0.25) is 0 Å². The number of aromatic amines is 1. The van der Waals surface area contributed by atoms with Crippen molar-refractivity contribution in [2.75, 3.05) is 6.61 Å². The van der Waals surface area contributed by atoms with Gasteiger partial charge in [0.15, 0.2) is 0 Å². The molecule has 0 aliphatic carbocycles. The van der Waals surface area contributed by atoms with E-state index in [9.17, 15) is 10.1 Å². The van der Waals surface area contributed by atoms with Crippen LogP contribution in [0.5, 0.6) is 0 Å². The Hall–Kier alpha value is -1.69. The first-order valence-corrected chi connectivity index (χ1v) is 3.71. The molecule has 6 nitrogen and oxygen atoms in total. The number of rotatable bonds is 4. The van der Waals surface area contributed by atoms with Crippen molar-refractivity contribution < 1.29 is 10.0 Å². The van der Waals surface area contributed by atoms with E-state index in [1.165, 1.54) is 0 Å². The van der Waals surface area contributed by atoms with Crippen molar-refractivity contribution in [1.29, 1.82) is 0 Å². The second-order valence-electron chi connectivity index (χ2n) is 2.33. The largest absolute Gasteiger partial charge is 0.396 e. The summed E-state index contributed by atoms with van der Waals surface area (Å²) in [6.07, 6.45) is 4.93. The van der Waals surface area contributed by atoms with E-state index in [0.29, 0.717) is 12.2 Å². The van der Waals surface area contributed by atoms with Crippen LogP contribution in [-0.4, -0.2) is 26.6 Å². The summed E-state index contributed by atoms with van der Waals surface area (Å²) < 4.78 is 0. The summed E-state index contributed by atoms with van der Waals surface area (Å²) in [5, 5.41) is 18.7. The van der Waals surface area contributed by atoms with Crippen LogP contribution in [-0.2, 0) is 0 Å². The van der Waals surface area contributed by atoms with Gasteiger partial charge in [-0.3, -0.25) is 0 Å². The molecule has 13 heavy (non-hydrogen) atoms. The molecule has 0 fully saturated rings. The van der Waals surface area contributed by atoms with E-state index < -0.39 is 4.92 Å². The first-order valence-electron chi connectivity index (χ1n) is 3.71. The normalized spacial score (nSPS) is 10.8. The van der Waals surface area contributed by atoms with E-state index in [0.717, 1.165) is 6.20 Å². The molecular weight excluding hydrogens is 174 g/mol. The lowest BCUT2D eigenvalue weighted by atomic mass is 10.4. The summed E-state index contributed by atoms with van der Waals surface area (Å²) >= 11 is 0. The molecule has 2 N–H and O–H groups in total. The average Bonchev–Trinajstić information content (AvgIpc) is 2.53. The maximum Gasteiger partial charge on any atom is 0.340 e. The Morgan fingerprint density at radius 1 is 1.77 bits per heavy atom. The molecule has 1 heterocycles. The number of aromatic nitrogens is 2. The zero-order valence-electron chi connectivity index (χ0n) is 6.80. The molecular formula is C7H9N3O3. The second kappa shape index (κ2) is 4.36. The molecule has 1 aromatic heterocycles. The topological polar surface area (TPSA) is 92.1 Å². The smallest absolute Gasteiger partial charge is 0.340 e. The molecule has 0 atom stereocenters. The minimum absolute atomic E-state index is 0.0549. The number of nitrogens with zero attached hydrogens (tertiary/aromatic N) is 2. The summed E-state index contributed by atoms with van der Waals surface area (Å²) in [6.45, 7) is 0.0549. The maximum absolute atomic E-state index is 10.2. The van der Waals surface area contributed by atoms with Gasteiger partial charge in [-0.05, 0) is 11.3 Å². The lowest BCUT2D eigenvalue weighted by Crippen LogP contribution is -1.86. The molecule has 0 aliphatic heterocycles. The Morgan fingerprint density at radius 2 is 2.54 bits per heavy atom. The Bertz CT molecular complexity index is 319. The lowest BCUT2D eigenvalue weighted by molar-refractivity contribution is -0.389. The van der Waals surface area contributed by atoms with Gasteiger partial charge in [0.1, 0.15) is 6.20 Å². The molecule has 0 amide bonds. The van der Waals surface area contributed by atoms with Gasteiger partial charge in [-0.1, -0.05) is 6.08 Å². The van der Waals surface area contributed by atoms with E-state index in [4.69, 9.17) is 5.11 Å². The summed E-state index contributed by atoms with van der Waals surface area (Å²) in [6, 6.07) is 0. The monoisotopic (exact) mass is 183 g/mol. The van der Waals surface area contributed by atoms with Gasteiger partial charge in [-0.25, -0.2) is 9.97 Å². The molecule has 0 radical (unpaired) electrons. The Balaban J connectivity index is 2.64. The molecule has 0 unspecified atom stereocenters. The van der Waals surface area contributed by atoms with Gasteiger partial charge >= 0.3 is 5.82 Å². The number of aliphatic hydroxyl groups is 1. The third-order valence-electron chi connectivity index (χ3n) is 1.35. The number of hydrogen-bond acceptors (Lipinski definition) is 4. The highest BCUT2D eigenvalue weighted by Gasteiger charge is 2.06. The molecule has 0 bridgehead atoms. The molecule has 1 aromatic rings. The van der Waals surface area contributed by atoms with Crippen LogP contribution in [0.4, 0.5) is 5.82 Å². The highest BCUT2D eigenvalue weighted by atomic mass is 16.6. The van der Waals surface area contributed by atoms with Crippen LogP contribution >= 0.6 is 0 Å². The maximum atomic E-state index is 10.2. The van der Waals surface area contributed by atoms with Crippen LogP contribution in [0, 0.1) is 10.1 Å². The quantitative estimate of drug-likeness (QED) is 0.531. The molecule has 6 heteroatoms. The predicted molar refractivity (Wildman–Crippen MR) is 46.0 cm³/mol. The van der Waals surface area contributed by atoms with Crippen molar-refractivity contribution >= 4 is 11.9 Å². The van der Waals surface area contributed by atoms with Crippen LogP contribution < -0.4 is 0 Å². The Kier molecular flexibility index (Phi) is 3.15. The van der Waals surface area contributed by atoms with Gasteiger partial charge in [0.25, 0.3) is 0 Å². The number of imidazole rings is 1. The second-order valence-corrected chi connectivity index (χ2v) is 2.33. The molecule has 70 valence electrons. The van der Waals surface area contributed by atoms with E-state index in [1.54, 1.807) is 12.2 Å². The number of hydrogen-bond donors (Lipinski definition) is 2. The molecule has 0 spiro atoms. The number of nitro groups is 1. The predicted octanol–water partition coefficient (Wildman–Crippen LogP) is 0.713. The van der Waals surface area contributed by atoms with Crippen LogP contribution in [0.3, 0.4) is 0 Å². The molecule has 0 saturated carbocycles. The summed E-state index contributed by atoms with van der Waals surface area (Å²) in [5.41, 5.74) is 0. The third kappa shape index (κ3) is 2.68. The van der Waals surface area contributed by atoms with Crippen molar-refractivity contribution in [1.82, 2.24) is 9.97 Å². The van der Waals surface area contributed by atoms with Crippen LogP contribution in [0.1, 0.15) is 12.2 Å². The fraction of sp³-hybridized carbons (Fsp3) is 0.286. The number of H-pyrrole nitrogens is 1. The average molecular weight is 183 g/mol. The third-order valence-corrected chi connectivity index (χ3v) is 1.35. The molecule has 0 aliphatic rings. The molecule has 0 aromatic carbocycles. The number of nitrogens with one attached hydrogen (secondary N) is 1. The van der Waals surface area contributed by atoms with Gasteiger partial charge in [0.05, 0.1) is 0 Å². The number of aliphatic hydroxyl groups excluding tert-OH is 1. The van der Waals surface area contributed by atoms with Gasteiger partial charge in [-0.2, -0.15) is 0 Å². The summed E-state index contributed by atoms with van der Waals surface area (Å²) in [4.78, 5) is 15.9. The van der Waals surface area contributed by atoms with E-state index in [-0.39, 0.29) is 12.4 Å². The van der Waals surface area contributed by atoms with Gasteiger partial charge in [0, 0.05) is 12.7 Å². The molecule has 1 rings (SSSR count). The van der Waals surface area contributed by atoms with Crippen molar-refractivity contribution in [2.24, 2.45) is 0 Å². The fourth-order valence-electron chi connectivity index (χ4n) is 0.773. The minimum Gasteiger partial charge on any atom is -0.396 e. The lowest BCUT2D eigenvalue weighted by Gasteiger charge is -1.85. The standard InChI is InChI=1S/C7H9N3O3/c11-4-2-1-3-6-8-5-7(9-6)10(12)13/h1,3,5,11H,2,4H2,(H,8,9).